The summed E-state index contributed by atoms with van der Waals surface area (Å²) in [6.45, 7) is 5.97. The zero-order chi connectivity index (χ0) is 20.3. The summed E-state index contributed by atoms with van der Waals surface area (Å²) in [5, 5.41) is 2.22. The summed E-state index contributed by atoms with van der Waals surface area (Å²) in [5.41, 5.74) is 2.38. The Morgan fingerprint density at radius 2 is 1.75 bits per heavy atom. The smallest absolute Gasteiger partial charge is 0.307 e. The molecule has 28 heavy (non-hydrogen) atoms. The molecule has 2 aromatic carbocycles. The number of para-hydroxylation sites is 1. The van der Waals surface area contributed by atoms with Gasteiger partial charge in [0.05, 0.1) is 17.4 Å². The quantitative estimate of drug-likeness (QED) is 0.604. The van der Waals surface area contributed by atoms with Crippen LogP contribution in [0.2, 0.25) is 0 Å². The first-order chi connectivity index (χ1) is 13.2. The van der Waals surface area contributed by atoms with Crippen LogP contribution >= 0.6 is 11.8 Å². The van der Waals surface area contributed by atoms with Gasteiger partial charge in [-0.25, -0.2) is 0 Å². The second kappa shape index (κ2) is 8.19. The number of ketones is 1. The lowest BCUT2D eigenvalue weighted by atomic mass is 9.86. The van der Waals surface area contributed by atoms with Crippen molar-refractivity contribution < 1.29 is 19.1 Å². The van der Waals surface area contributed by atoms with Crippen molar-refractivity contribution in [3.8, 4) is 0 Å². The van der Waals surface area contributed by atoms with Gasteiger partial charge in [-0.2, -0.15) is 0 Å². The van der Waals surface area contributed by atoms with Gasteiger partial charge in [-0.05, 0) is 23.1 Å². The number of fused-ring (bicyclic) bond motifs is 1. The number of hydrogen-bond acceptors (Lipinski definition) is 5. The molecule has 0 saturated carbocycles. The van der Waals surface area contributed by atoms with Crippen LogP contribution in [0.15, 0.2) is 53.4 Å². The summed E-state index contributed by atoms with van der Waals surface area (Å²) in [4.78, 5) is 37.5. The van der Waals surface area contributed by atoms with Crippen molar-refractivity contribution in [2.75, 3.05) is 11.9 Å². The molecular weight excluding hydrogens is 374 g/mol. The molecule has 1 heterocycles. The van der Waals surface area contributed by atoms with Crippen LogP contribution in [0, 0.1) is 0 Å². The number of carbonyl (C=O) groups is 3. The first-order valence-electron chi connectivity index (χ1n) is 9.10. The fourth-order valence-electron chi connectivity index (χ4n) is 2.82. The lowest BCUT2D eigenvalue weighted by Gasteiger charge is -2.23. The Labute approximate surface area is 168 Å². The first-order valence-corrected chi connectivity index (χ1v) is 9.98. The maximum Gasteiger partial charge on any atom is 0.307 e. The third-order valence-corrected chi connectivity index (χ3v) is 5.77. The van der Waals surface area contributed by atoms with Gasteiger partial charge in [0.2, 0.25) is 5.91 Å². The van der Waals surface area contributed by atoms with E-state index in [4.69, 9.17) is 4.74 Å². The third-order valence-electron chi connectivity index (χ3n) is 4.50. The molecule has 0 aromatic heterocycles. The minimum absolute atomic E-state index is 0.00486. The van der Waals surface area contributed by atoms with Gasteiger partial charge in [-0.3, -0.25) is 14.4 Å². The maximum atomic E-state index is 12.3. The lowest BCUT2D eigenvalue weighted by molar-refractivity contribution is -0.143. The van der Waals surface area contributed by atoms with Crippen molar-refractivity contribution in [2.24, 2.45) is 0 Å². The van der Waals surface area contributed by atoms with Crippen LogP contribution in [0.5, 0.6) is 0 Å². The average molecular weight is 397 g/mol. The van der Waals surface area contributed by atoms with Crippen molar-refractivity contribution in [1.29, 1.82) is 0 Å². The van der Waals surface area contributed by atoms with E-state index in [1.54, 1.807) is 12.1 Å². The van der Waals surface area contributed by atoms with Gasteiger partial charge < -0.3 is 10.1 Å². The molecule has 1 atom stereocenters. The summed E-state index contributed by atoms with van der Waals surface area (Å²) < 4.78 is 5.11. The number of benzene rings is 2. The molecule has 0 spiro atoms. The van der Waals surface area contributed by atoms with Gasteiger partial charge in [-0.15, -0.1) is 11.8 Å². The van der Waals surface area contributed by atoms with E-state index in [1.807, 2.05) is 36.4 Å². The molecule has 0 fully saturated rings. The van der Waals surface area contributed by atoms with E-state index in [9.17, 15) is 14.4 Å². The SMILES string of the molecule is CC(C)(C)c1ccc(C(=O)COC(=O)C[C@H]2Sc3ccccc3NC2=O)cc1. The highest BCUT2D eigenvalue weighted by atomic mass is 32.2. The first kappa shape index (κ1) is 20.1. The molecule has 1 aliphatic rings. The molecule has 2 aromatic rings. The summed E-state index contributed by atoms with van der Waals surface area (Å²) in [7, 11) is 0. The highest BCUT2D eigenvalue weighted by Gasteiger charge is 2.29. The van der Waals surface area contributed by atoms with Crippen LogP contribution in [0.4, 0.5) is 5.69 Å². The molecule has 1 aliphatic heterocycles. The van der Waals surface area contributed by atoms with Crippen molar-refractivity contribution in [3.63, 3.8) is 0 Å². The summed E-state index contributed by atoms with van der Waals surface area (Å²) >= 11 is 1.33. The van der Waals surface area contributed by atoms with Gasteiger partial charge in [0, 0.05) is 10.5 Å². The Morgan fingerprint density at radius 1 is 1.07 bits per heavy atom. The van der Waals surface area contributed by atoms with Crippen molar-refractivity contribution >= 4 is 35.1 Å². The second-order valence-electron chi connectivity index (χ2n) is 7.71. The number of rotatable bonds is 5. The van der Waals surface area contributed by atoms with Crippen molar-refractivity contribution in [3.05, 3.63) is 59.7 Å². The molecule has 0 unspecified atom stereocenters. The number of ether oxygens (including phenoxy) is 1. The highest BCUT2D eigenvalue weighted by molar-refractivity contribution is 8.01. The van der Waals surface area contributed by atoms with Gasteiger partial charge in [-0.1, -0.05) is 57.2 Å². The lowest BCUT2D eigenvalue weighted by Crippen LogP contribution is -2.31. The van der Waals surface area contributed by atoms with Gasteiger partial charge in [0.25, 0.3) is 0 Å². The maximum absolute atomic E-state index is 12.3. The largest absolute Gasteiger partial charge is 0.457 e. The number of amides is 1. The van der Waals surface area contributed by atoms with E-state index in [0.29, 0.717) is 5.56 Å². The predicted octanol–water partition coefficient (Wildman–Crippen LogP) is 4.21. The number of esters is 1. The number of carbonyl (C=O) groups excluding carboxylic acids is 3. The van der Waals surface area contributed by atoms with Gasteiger partial charge >= 0.3 is 5.97 Å². The molecule has 5 nitrogen and oxygen atoms in total. The summed E-state index contributed by atoms with van der Waals surface area (Å²) in [6.07, 6.45) is -0.0823. The second-order valence-corrected chi connectivity index (χ2v) is 8.95. The molecule has 0 radical (unpaired) electrons. The summed E-state index contributed by atoms with van der Waals surface area (Å²) in [5.74, 6) is -1.06. The molecule has 146 valence electrons. The Kier molecular flexibility index (Phi) is 5.89. The van der Waals surface area contributed by atoms with Crippen molar-refractivity contribution in [1.82, 2.24) is 0 Å². The molecule has 1 amide bonds. The molecule has 0 bridgehead atoms. The zero-order valence-electron chi connectivity index (χ0n) is 16.2. The Hall–Kier alpha value is -2.60. The molecule has 1 N–H and O–H groups in total. The number of thioether (sulfide) groups is 1. The van der Waals surface area contributed by atoms with Crippen LogP contribution in [0.1, 0.15) is 43.1 Å². The monoisotopic (exact) mass is 397 g/mol. The van der Waals surface area contributed by atoms with Crippen LogP contribution < -0.4 is 5.32 Å². The molecule has 6 heteroatoms. The fourth-order valence-corrected chi connectivity index (χ4v) is 3.92. The van der Waals surface area contributed by atoms with Crippen LogP contribution in [-0.4, -0.2) is 29.5 Å². The Bertz CT molecular complexity index is 899. The molecule has 3 rings (SSSR count). The van der Waals surface area contributed by atoms with Gasteiger partial charge in [0.1, 0.15) is 0 Å². The number of nitrogens with one attached hydrogen (secondary N) is 1. The minimum atomic E-state index is -0.566. The standard InChI is InChI=1S/C22H23NO4S/c1-22(2,3)15-10-8-14(9-11-15)17(24)13-27-20(25)12-19-21(26)23-16-6-4-5-7-18(16)28-19/h4-11,19H,12-13H2,1-3H3,(H,23,26)/t19-/m1/s1. The topological polar surface area (TPSA) is 72.5 Å². The normalized spacial score (nSPS) is 16.1. The molecule has 0 saturated heterocycles. The minimum Gasteiger partial charge on any atom is -0.457 e. The van der Waals surface area contributed by atoms with Crippen LogP contribution in [0.25, 0.3) is 0 Å². The van der Waals surface area contributed by atoms with E-state index in [1.165, 1.54) is 11.8 Å². The number of hydrogen-bond donors (Lipinski definition) is 1. The summed E-state index contributed by atoms with van der Waals surface area (Å²) in [6, 6.07) is 14.7. The highest BCUT2D eigenvalue weighted by Crippen LogP contribution is 2.36. The molecular formula is C22H23NO4S. The third kappa shape index (κ3) is 4.81. The number of Topliss-reactive ketones (excluding diaryl/α,β-unsaturated/α-hetero) is 1. The van der Waals surface area contributed by atoms with Crippen LogP contribution in [0.3, 0.4) is 0 Å². The van der Waals surface area contributed by atoms with Crippen LogP contribution in [-0.2, 0) is 19.7 Å². The van der Waals surface area contributed by atoms with E-state index in [-0.39, 0.29) is 30.1 Å². The number of anilines is 1. The average Bonchev–Trinajstić information content (AvgIpc) is 2.66. The van der Waals surface area contributed by atoms with E-state index in [0.717, 1.165) is 16.1 Å². The predicted molar refractivity (Wildman–Crippen MR) is 110 cm³/mol. The van der Waals surface area contributed by atoms with E-state index >= 15 is 0 Å². The van der Waals surface area contributed by atoms with Gasteiger partial charge in [0.15, 0.2) is 12.4 Å². The zero-order valence-corrected chi connectivity index (χ0v) is 17.0. The van der Waals surface area contributed by atoms with E-state index in [2.05, 4.69) is 26.1 Å². The molecule has 0 aliphatic carbocycles. The fraction of sp³-hybridized carbons (Fsp3) is 0.318. The van der Waals surface area contributed by atoms with Crippen molar-refractivity contribution in [2.45, 2.75) is 42.8 Å². The Morgan fingerprint density at radius 3 is 2.43 bits per heavy atom. The Balaban J connectivity index is 1.53. The van der Waals surface area contributed by atoms with E-state index < -0.39 is 11.2 Å².